The Morgan fingerprint density at radius 1 is 1.03 bits per heavy atom. The molecule has 1 aromatic carbocycles. The Hall–Kier alpha value is -2.55. The van der Waals surface area contributed by atoms with Crippen molar-refractivity contribution in [1.29, 1.82) is 0 Å². The van der Waals surface area contributed by atoms with E-state index in [4.69, 9.17) is 9.72 Å². The molecule has 0 aliphatic carbocycles. The normalized spacial score (nSPS) is 19.0. The van der Waals surface area contributed by atoms with Crippen LogP contribution in [0.4, 0.5) is 5.82 Å². The fourth-order valence-corrected chi connectivity index (χ4v) is 5.27. The van der Waals surface area contributed by atoms with Gasteiger partial charge in [-0.25, -0.2) is 9.97 Å². The van der Waals surface area contributed by atoms with Gasteiger partial charge in [0.2, 0.25) is 0 Å². The Balaban J connectivity index is 1.19. The Morgan fingerprint density at radius 3 is 2.52 bits per heavy atom. The lowest BCUT2D eigenvalue weighted by Gasteiger charge is -2.37. The van der Waals surface area contributed by atoms with E-state index in [1.165, 1.54) is 4.70 Å². The molecule has 162 valence electrons. The average Bonchev–Trinajstić information content (AvgIpc) is 3.28. The third-order valence-electron chi connectivity index (χ3n) is 6.15. The first-order valence-corrected chi connectivity index (χ1v) is 11.7. The number of anilines is 1. The molecule has 0 radical (unpaired) electrons. The molecule has 8 heteroatoms. The Labute approximate surface area is 186 Å². The Morgan fingerprint density at radius 2 is 1.81 bits per heavy atom. The molecular formula is C23H27N5O2S. The first-order chi connectivity index (χ1) is 15.2. The van der Waals surface area contributed by atoms with Crippen LogP contribution in [-0.4, -0.2) is 78.2 Å². The highest BCUT2D eigenvalue weighted by molar-refractivity contribution is 7.18. The van der Waals surface area contributed by atoms with Gasteiger partial charge >= 0.3 is 0 Å². The minimum absolute atomic E-state index is 0.0633. The molecule has 2 aliphatic rings. The van der Waals surface area contributed by atoms with E-state index in [1.54, 1.807) is 17.5 Å². The van der Waals surface area contributed by atoms with E-state index in [1.807, 2.05) is 23.1 Å². The summed E-state index contributed by atoms with van der Waals surface area (Å²) in [6.07, 6.45) is 1.71. The van der Waals surface area contributed by atoms with E-state index >= 15 is 0 Å². The van der Waals surface area contributed by atoms with E-state index in [0.29, 0.717) is 5.56 Å². The van der Waals surface area contributed by atoms with Gasteiger partial charge in [0.25, 0.3) is 5.91 Å². The fraction of sp³-hybridized carbons (Fsp3) is 0.435. The zero-order chi connectivity index (χ0) is 21.2. The number of amides is 1. The lowest BCUT2D eigenvalue weighted by atomic mass is 10.2. The molecule has 7 nitrogen and oxygen atoms in total. The summed E-state index contributed by atoms with van der Waals surface area (Å²) in [5, 5.41) is 1.14. The van der Waals surface area contributed by atoms with Crippen molar-refractivity contribution < 1.29 is 9.53 Å². The summed E-state index contributed by atoms with van der Waals surface area (Å²) in [4.78, 5) is 28.9. The highest BCUT2D eigenvalue weighted by Gasteiger charge is 2.27. The molecule has 0 saturated carbocycles. The van der Waals surface area contributed by atoms with Crippen LogP contribution in [0.1, 0.15) is 28.3 Å². The quantitative estimate of drug-likeness (QED) is 0.625. The van der Waals surface area contributed by atoms with Crippen molar-refractivity contribution in [3.63, 3.8) is 0 Å². The maximum Gasteiger partial charge on any atom is 0.255 e. The molecule has 0 spiro atoms. The lowest BCUT2D eigenvalue weighted by Crippen LogP contribution is -2.49. The summed E-state index contributed by atoms with van der Waals surface area (Å²) in [5.74, 6) is 0.975. The van der Waals surface area contributed by atoms with Gasteiger partial charge in [-0.05, 0) is 31.2 Å². The number of aromatic nitrogens is 2. The predicted molar refractivity (Wildman–Crippen MR) is 123 cm³/mol. The first-order valence-electron chi connectivity index (χ1n) is 10.9. The van der Waals surface area contributed by atoms with Crippen LogP contribution in [0.5, 0.6) is 0 Å². The van der Waals surface area contributed by atoms with E-state index in [0.717, 1.165) is 68.8 Å². The van der Waals surface area contributed by atoms with Crippen LogP contribution < -0.4 is 4.90 Å². The van der Waals surface area contributed by atoms with Gasteiger partial charge < -0.3 is 14.5 Å². The molecule has 1 atom stereocenters. The minimum atomic E-state index is 0.0633. The minimum Gasteiger partial charge on any atom is -0.378 e. The highest BCUT2D eigenvalue weighted by atomic mass is 32.1. The number of hydrogen-bond donors (Lipinski definition) is 0. The topological polar surface area (TPSA) is 61.8 Å². The third kappa shape index (κ3) is 4.28. The smallest absolute Gasteiger partial charge is 0.255 e. The zero-order valence-electron chi connectivity index (χ0n) is 17.7. The molecule has 4 heterocycles. The first kappa shape index (κ1) is 20.4. The number of carbonyl (C=O) groups is 1. The molecular weight excluding hydrogens is 410 g/mol. The predicted octanol–water partition coefficient (Wildman–Crippen LogP) is 3.05. The summed E-state index contributed by atoms with van der Waals surface area (Å²) in [6, 6.07) is 12.4. The number of thiazole rings is 1. The number of nitrogens with zero attached hydrogens (tertiary/aromatic N) is 5. The van der Waals surface area contributed by atoms with Gasteiger partial charge in [0.1, 0.15) is 10.8 Å². The maximum atomic E-state index is 13.0. The van der Waals surface area contributed by atoms with Gasteiger partial charge in [0.15, 0.2) is 0 Å². The van der Waals surface area contributed by atoms with Crippen molar-refractivity contribution in [1.82, 2.24) is 19.8 Å². The van der Waals surface area contributed by atoms with Gasteiger partial charge in [-0.15, -0.1) is 11.3 Å². The average molecular weight is 438 g/mol. The van der Waals surface area contributed by atoms with Crippen molar-refractivity contribution in [2.75, 3.05) is 57.4 Å². The summed E-state index contributed by atoms with van der Waals surface area (Å²) < 4.78 is 6.62. The van der Waals surface area contributed by atoms with Crippen LogP contribution in [0.2, 0.25) is 0 Å². The molecule has 0 unspecified atom stereocenters. The zero-order valence-corrected chi connectivity index (χ0v) is 18.6. The van der Waals surface area contributed by atoms with Gasteiger partial charge in [0.05, 0.1) is 35.0 Å². The number of carbonyl (C=O) groups excluding carboxylic acids is 1. The molecule has 1 amide bonds. The molecule has 0 N–H and O–H groups in total. The Bertz CT molecular complexity index is 1010. The lowest BCUT2D eigenvalue weighted by molar-refractivity contribution is 0.0581. The number of piperazine rings is 1. The third-order valence-corrected chi connectivity index (χ3v) is 7.35. The molecule has 2 saturated heterocycles. The van der Waals surface area contributed by atoms with Crippen LogP contribution in [0, 0.1) is 0 Å². The van der Waals surface area contributed by atoms with Crippen LogP contribution in [-0.2, 0) is 4.74 Å². The molecule has 2 aromatic heterocycles. The molecule has 5 rings (SSSR count). The molecule has 31 heavy (non-hydrogen) atoms. The summed E-state index contributed by atoms with van der Waals surface area (Å²) in [6.45, 7) is 8.49. The second-order valence-corrected chi connectivity index (χ2v) is 9.09. The summed E-state index contributed by atoms with van der Waals surface area (Å²) >= 11 is 1.76. The Kier molecular flexibility index (Phi) is 5.85. The number of para-hydroxylation sites is 1. The van der Waals surface area contributed by atoms with Crippen LogP contribution in [0.3, 0.4) is 0 Å². The second-order valence-electron chi connectivity index (χ2n) is 8.03. The van der Waals surface area contributed by atoms with Crippen molar-refractivity contribution in [2.24, 2.45) is 0 Å². The largest absolute Gasteiger partial charge is 0.378 e. The van der Waals surface area contributed by atoms with Crippen molar-refractivity contribution in [3.8, 4) is 0 Å². The van der Waals surface area contributed by atoms with Crippen LogP contribution >= 0.6 is 11.3 Å². The second kappa shape index (κ2) is 8.90. The summed E-state index contributed by atoms with van der Waals surface area (Å²) in [5.41, 5.74) is 1.72. The maximum absolute atomic E-state index is 13.0. The van der Waals surface area contributed by atoms with Crippen molar-refractivity contribution in [3.05, 3.63) is 53.2 Å². The van der Waals surface area contributed by atoms with Crippen LogP contribution in [0.25, 0.3) is 10.2 Å². The van der Waals surface area contributed by atoms with E-state index < -0.39 is 0 Å². The number of pyridine rings is 1. The number of hydrogen-bond acceptors (Lipinski definition) is 7. The molecule has 3 aromatic rings. The number of morpholine rings is 1. The van der Waals surface area contributed by atoms with E-state index in [-0.39, 0.29) is 11.9 Å². The number of benzene rings is 1. The van der Waals surface area contributed by atoms with E-state index in [2.05, 4.69) is 39.9 Å². The van der Waals surface area contributed by atoms with Gasteiger partial charge in [-0.1, -0.05) is 12.1 Å². The van der Waals surface area contributed by atoms with Crippen molar-refractivity contribution in [2.45, 2.75) is 13.0 Å². The molecule has 2 fully saturated rings. The van der Waals surface area contributed by atoms with Crippen molar-refractivity contribution >= 4 is 33.3 Å². The number of rotatable bonds is 4. The van der Waals surface area contributed by atoms with Crippen LogP contribution in [0.15, 0.2) is 42.6 Å². The standard InChI is InChI=1S/C23H27N5O2S/c1-17(22-25-19-4-2-3-5-20(19)31-22)26-8-10-28(11-9-26)23(29)18-6-7-21(24-16-18)27-12-14-30-15-13-27/h2-7,16-17H,8-15H2,1H3/t17-/m0/s1. The highest BCUT2D eigenvalue weighted by Crippen LogP contribution is 2.30. The van der Waals surface area contributed by atoms with E-state index in [9.17, 15) is 4.79 Å². The SMILES string of the molecule is C[C@@H](c1nc2ccccc2s1)N1CCN(C(=O)c2ccc(N3CCOCC3)nc2)CC1. The summed E-state index contributed by atoms with van der Waals surface area (Å²) in [7, 11) is 0. The van der Waals surface area contributed by atoms with Gasteiger partial charge in [-0.3, -0.25) is 9.69 Å². The monoisotopic (exact) mass is 437 g/mol. The number of ether oxygens (including phenoxy) is 1. The number of fused-ring (bicyclic) bond motifs is 1. The van der Waals surface area contributed by atoms with Gasteiger partial charge in [-0.2, -0.15) is 0 Å². The fourth-order valence-electron chi connectivity index (χ4n) is 4.21. The molecule has 2 aliphatic heterocycles. The molecule has 0 bridgehead atoms. The van der Waals surface area contributed by atoms with Gasteiger partial charge in [0, 0.05) is 45.5 Å².